The predicted molar refractivity (Wildman–Crippen MR) is 115 cm³/mol. The van der Waals surface area contributed by atoms with Crippen molar-refractivity contribution in [2.24, 2.45) is 0 Å². The minimum atomic E-state index is -1.05. The number of hydrogen-bond acceptors (Lipinski definition) is 3. The largest absolute Gasteiger partial charge is 0.481 e. The molecule has 2 N–H and O–H groups in total. The summed E-state index contributed by atoms with van der Waals surface area (Å²) in [6.07, 6.45) is -0.648. The van der Waals surface area contributed by atoms with E-state index in [0.29, 0.717) is 10.6 Å². The molecule has 4 rings (SSSR count). The summed E-state index contributed by atoms with van der Waals surface area (Å²) in [6.45, 7) is 0.0844. The molecule has 3 aromatic rings. The molecule has 1 aliphatic carbocycles. The van der Waals surface area contributed by atoms with Gasteiger partial charge in [0.05, 0.1) is 5.92 Å². The van der Waals surface area contributed by atoms with E-state index in [-0.39, 0.29) is 19.1 Å². The lowest BCUT2D eigenvalue weighted by Gasteiger charge is -2.16. The second-order valence-corrected chi connectivity index (χ2v) is 7.59. The first-order valence-corrected chi connectivity index (χ1v) is 9.99. The van der Waals surface area contributed by atoms with Crippen LogP contribution in [-0.4, -0.2) is 30.3 Å². The molecule has 0 aromatic heterocycles. The van der Waals surface area contributed by atoms with Crippen molar-refractivity contribution in [3.63, 3.8) is 0 Å². The number of ether oxygens (including phenoxy) is 1. The monoisotopic (exact) mass is 421 g/mol. The Balaban J connectivity index is 1.41. The quantitative estimate of drug-likeness (QED) is 0.584. The standard InChI is InChI=1S/C24H20ClNO4/c25-16-7-5-6-15(12-16)21(23(27)28)13-26-24(29)30-14-22-19-10-3-1-8-17(19)18-9-2-4-11-20(18)22/h1-12,21-22H,13-14H2,(H,26,29)(H,27,28). The predicted octanol–water partition coefficient (Wildman–Crippen LogP) is 5.05. The first-order chi connectivity index (χ1) is 14.5. The van der Waals surface area contributed by atoms with Gasteiger partial charge in [-0.3, -0.25) is 4.79 Å². The Morgan fingerprint density at radius 3 is 2.20 bits per heavy atom. The molecule has 1 atom stereocenters. The molecule has 0 saturated heterocycles. The first kappa shape index (κ1) is 20.0. The number of carboxylic acids is 1. The topological polar surface area (TPSA) is 75.6 Å². The average molecular weight is 422 g/mol. The van der Waals surface area contributed by atoms with Crippen LogP contribution >= 0.6 is 11.6 Å². The number of alkyl carbamates (subject to hydrolysis) is 1. The van der Waals surface area contributed by atoms with Gasteiger partial charge < -0.3 is 15.2 Å². The van der Waals surface area contributed by atoms with Crippen molar-refractivity contribution in [1.29, 1.82) is 0 Å². The van der Waals surface area contributed by atoms with Crippen LogP contribution in [0.15, 0.2) is 72.8 Å². The van der Waals surface area contributed by atoms with Crippen molar-refractivity contribution >= 4 is 23.7 Å². The van der Waals surface area contributed by atoms with Gasteiger partial charge in [0.25, 0.3) is 0 Å². The normalized spacial score (nSPS) is 13.2. The fourth-order valence-electron chi connectivity index (χ4n) is 3.91. The van der Waals surface area contributed by atoms with E-state index in [1.165, 1.54) is 0 Å². The van der Waals surface area contributed by atoms with Crippen LogP contribution in [-0.2, 0) is 9.53 Å². The maximum atomic E-state index is 12.3. The van der Waals surface area contributed by atoms with E-state index in [1.807, 2.05) is 36.4 Å². The molecule has 0 aliphatic heterocycles. The number of rotatable bonds is 6. The SMILES string of the molecule is O=C(NCC(C(=O)O)c1cccc(Cl)c1)OCC1c2ccccc2-c2ccccc21. The molecule has 0 fully saturated rings. The van der Waals surface area contributed by atoms with Gasteiger partial charge in [0.1, 0.15) is 6.61 Å². The molecule has 0 bridgehead atoms. The number of nitrogens with one attached hydrogen (secondary N) is 1. The van der Waals surface area contributed by atoms with Crippen molar-refractivity contribution in [3.05, 3.63) is 94.5 Å². The Morgan fingerprint density at radius 1 is 0.967 bits per heavy atom. The zero-order chi connectivity index (χ0) is 21.1. The smallest absolute Gasteiger partial charge is 0.407 e. The van der Waals surface area contributed by atoms with E-state index in [1.54, 1.807) is 24.3 Å². The highest BCUT2D eigenvalue weighted by Gasteiger charge is 2.29. The third-order valence-electron chi connectivity index (χ3n) is 5.34. The number of carbonyl (C=O) groups is 2. The zero-order valence-electron chi connectivity index (χ0n) is 16.0. The molecule has 3 aromatic carbocycles. The fourth-order valence-corrected chi connectivity index (χ4v) is 4.10. The molecule has 152 valence electrons. The van der Waals surface area contributed by atoms with Crippen LogP contribution in [0, 0.1) is 0 Å². The first-order valence-electron chi connectivity index (χ1n) is 9.61. The van der Waals surface area contributed by atoms with Crippen molar-refractivity contribution < 1.29 is 19.4 Å². The van der Waals surface area contributed by atoms with Crippen LogP contribution in [0.2, 0.25) is 5.02 Å². The molecule has 1 amide bonds. The molecule has 0 heterocycles. The van der Waals surface area contributed by atoms with Crippen molar-refractivity contribution in [2.45, 2.75) is 11.8 Å². The van der Waals surface area contributed by atoms with Gasteiger partial charge in [-0.05, 0) is 39.9 Å². The van der Waals surface area contributed by atoms with E-state index in [0.717, 1.165) is 22.3 Å². The summed E-state index contributed by atoms with van der Waals surface area (Å²) in [6, 6.07) is 22.8. The van der Waals surface area contributed by atoms with E-state index in [9.17, 15) is 14.7 Å². The van der Waals surface area contributed by atoms with Gasteiger partial charge in [0, 0.05) is 17.5 Å². The Labute approximate surface area is 179 Å². The summed E-state index contributed by atoms with van der Waals surface area (Å²) >= 11 is 5.96. The third kappa shape index (κ3) is 4.02. The van der Waals surface area contributed by atoms with Crippen molar-refractivity contribution in [1.82, 2.24) is 5.32 Å². The summed E-state index contributed by atoms with van der Waals surface area (Å²) in [5.74, 6) is -2.01. The van der Waals surface area contributed by atoms with Crippen LogP contribution < -0.4 is 5.32 Å². The molecular weight excluding hydrogens is 402 g/mol. The van der Waals surface area contributed by atoms with Crippen LogP contribution in [0.1, 0.15) is 28.5 Å². The Bertz CT molecular complexity index is 1050. The number of carbonyl (C=O) groups excluding carboxylic acids is 1. The summed E-state index contributed by atoms with van der Waals surface area (Å²) in [5.41, 5.74) is 5.06. The molecule has 0 saturated carbocycles. The number of fused-ring (bicyclic) bond motifs is 3. The summed E-state index contributed by atoms with van der Waals surface area (Å²) in [7, 11) is 0. The fraction of sp³-hybridized carbons (Fsp3) is 0.167. The number of hydrogen-bond donors (Lipinski definition) is 2. The van der Waals surface area contributed by atoms with Crippen LogP contribution in [0.25, 0.3) is 11.1 Å². The van der Waals surface area contributed by atoms with Gasteiger partial charge in [-0.2, -0.15) is 0 Å². The van der Waals surface area contributed by atoms with E-state index < -0.39 is 18.0 Å². The number of halogens is 1. The second-order valence-electron chi connectivity index (χ2n) is 7.15. The maximum Gasteiger partial charge on any atom is 0.407 e. The van der Waals surface area contributed by atoms with Crippen molar-refractivity contribution in [3.8, 4) is 11.1 Å². The number of benzene rings is 3. The van der Waals surface area contributed by atoms with Gasteiger partial charge in [0.15, 0.2) is 0 Å². The number of amides is 1. The van der Waals surface area contributed by atoms with Crippen LogP contribution in [0.3, 0.4) is 0 Å². The van der Waals surface area contributed by atoms with E-state index >= 15 is 0 Å². The highest BCUT2D eigenvalue weighted by atomic mass is 35.5. The average Bonchev–Trinajstić information content (AvgIpc) is 3.06. The zero-order valence-corrected chi connectivity index (χ0v) is 16.8. The molecule has 30 heavy (non-hydrogen) atoms. The van der Waals surface area contributed by atoms with Crippen LogP contribution in [0.4, 0.5) is 4.79 Å². The Kier molecular flexibility index (Phi) is 5.72. The lowest BCUT2D eigenvalue weighted by molar-refractivity contribution is -0.138. The number of aliphatic carboxylic acids is 1. The summed E-state index contributed by atoms with van der Waals surface area (Å²) < 4.78 is 5.46. The van der Waals surface area contributed by atoms with Crippen molar-refractivity contribution in [2.75, 3.05) is 13.2 Å². The minimum absolute atomic E-state index is 0.0497. The molecule has 0 spiro atoms. The van der Waals surface area contributed by atoms with E-state index in [2.05, 4.69) is 17.4 Å². The Hall–Kier alpha value is -3.31. The molecule has 5 nitrogen and oxygen atoms in total. The second kappa shape index (κ2) is 8.59. The number of carboxylic acid groups (broad SMARTS) is 1. The van der Waals surface area contributed by atoms with Gasteiger partial charge in [0.2, 0.25) is 0 Å². The van der Waals surface area contributed by atoms with Gasteiger partial charge >= 0.3 is 12.1 Å². The van der Waals surface area contributed by atoms with Gasteiger partial charge in [-0.1, -0.05) is 72.3 Å². The summed E-state index contributed by atoms with van der Waals surface area (Å²) in [4.78, 5) is 23.9. The van der Waals surface area contributed by atoms with Gasteiger partial charge in [-0.25, -0.2) is 4.79 Å². The van der Waals surface area contributed by atoms with Crippen LogP contribution in [0.5, 0.6) is 0 Å². The maximum absolute atomic E-state index is 12.3. The molecule has 6 heteroatoms. The lowest BCUT2D eigenvalue weighted by atomic mass is 9.98. The Morgan fingerprint density at radius 2 is 1.60 bits per heavy atom. The van der Waals surface area contributed by atoms with Gasteiger partial charge in [-0.15, -0.1) is 0 Å². The molecular formula is C24H20ClNO4. The molecule has 1 aliphatic rings. The third-order valence-corrected chi connectivity index (χ3v) is 5.58. The van der Waals surface area contributed by atoms with E-state index in [4.69, 9.17) is 16.3 Å². The summed E-state index contributed by atoms with van der Waals surface area (Å²) in [5, 5.41) is 12.5. The molecule has 1 unspecified atom stereocenters. The highest BCUT2D eigenvalue weighted by Crippen LogP contribution is 2.44. The highest BCUT2D eigenvalue weighted by molar-refractivity contribution is 6.30. The lowest BCUT2D eigenvalue weighted by Crippen LogP contribution is -2.32. The minimum Gasteiger partial charge on any atom is -0.481 e. The molecule has 0 radical (unpaired) electrons.